The second kappa shape index (κ2) is 15.7. The third kappa shape index (κ3) is 7.52. The number of nitrogens with zero attached hydrogens (tertiary/aromatic N) is 3. The second-order valence-electron chi connectivity index (χ2n) is 16.6. The van der Waals surface area contributed by atoms with E-state index in [1.54, 1.807) is 13.0 Å². The summed E-state index contributed by atoms with van der Waals surface area (Å²) >= 11 is 0. The van der Waals surface area contributed by atoms with Crippen LogP contribution in [-0.4, -0.2) is 120 Å². The van der Waals surface area contributed by atoms with Crippen LogP contribution in [0.1, 0.15) is 72.1 Å². The summed E-state index contributed by atoms with van der Waals surface area (Å²) in [5.74, 6) is -2.51. The van der Waals surface area contributed by atoms with Gasteiger partial charge in [-0.1, -0.05) is 44.2 Å². The first-order chi connectivity index (χ1) is 27.2. The summed E-state index contributed by atoms with van der Waals surface area (Å²) in [7, 11) is -2.88. The zero-order chi connectivity index (χ0) is 40.9. The number of benzene rings is 1. The summed E-state index contributed by atoms with van der Waals surface area (Å²) in [6.07, 6.45) is 5.47. The molecule has 310 valence electrons. The van der Waals surface area contributed by atoms with E-state index in [0.717, 1.165) is 5.39 Å². The van der Waals surface area contributed by atoms with Crippen LogP contribution in [0.2, 0.25) is 0 Å². The predicted octanol–water partition coefficient (Wildman–Crippen LogP) is 3.95. The molecule has 3 aliphatic heterocycles. The van der Waals surface area contributed by atoms with Crippen molar-refractivity contribution in [2.75, 3.05) is 27.0 Å². The van der Waals surface area contributed by atoms with Crippen LogP contribution in [-0.2, 0) is 29.1 Å². The van der Waals surface area contributed by atoms with E-state index in [-0.39, 0.29) is 44.1 Å². The molecule has 2 saturated heterocycles. The van der Waals surface area contributed by atoms with Gasteiger partial charge >= 0.3 is 6.09 Å². The molecule has 4 fully saturated rings. The van der Waals surface area contributed by atoms with Gasteiger partial charge in [-0.2, -0.15) is 0 Å². The number of methoxy groups -OCH3 is 1. The van der Waals surface area contributed by atoms with Crippen LogP contribution in [0.4, 0.5) is 9.18 Å². The van der Waals surface area contributed by atoms with Gasteiger partial charge in [0.1, 0.15) is 40.9 Å². The van der Waals surface area contributed by atoms with Crippen LogP contribution in [0.15, 0.2) is 42.6 Å². The third-order valence-electron chi connectivity index (χ3n) is 12.7. The number of hydrogen-bond acceptors (Lipinski definition) is 10. The van der Waals surface area contributed by atoms with Crippen molar-refractivity contribution in [2.24, 2.45) is 17.8 Å². The molecule has 2 aliphatic carbocycles. The number of alkyl halides is 1. The van der Waals surface area contributed by atoms with Gasteiger partial charge in [-0.25, -0.2) is 22.6 Å². The fourth-order valence-electron chi connectivity index (χ4n) is 9.04. The quantitative estimate of drug-likeness (QED) is 0.311. The van der Waals surface area contributed by atoms with Gasteiger partial charge in [0.2, 0.25) is 27.7 Å². The van der Waals surface area contributed by atoms with Crippen molar-refractivity contribution >= 4 is 44.6 Å². The van der Waals surface area contributed by atoms with Crippen LogP contribution in [0.25, 0.3) is 10.8 Å². The number of fused-ring (bicyclic) bond motifs is 3. The number of sulfonamides is 1. The molecule has 57 heavy (non-hydrogen) atoms. The summed E-state index contributed by atoms with van der Waals surface area (Å²) in [6, 6.07) is 3.49. The van der Waals surface area contributed by atoms with Crippen LogP contribution in [0.5, 0.6) is 11.6 Å². The fraction of sp³-hybridized carbons (Fsp3) is 0.625. The third-order valence-corrected chi connectivity index (χ3v) is 14.8. The lowest BCUT2D eigenvalue weighted by Crippen LogP contribution is -2.62. The van der Waals surface area contributed by atoms with E-state index in [4.69, 9.17) is 14.2 Å². The van der Waals surface area contributed by atoms with Gasteiger partial charge < -0.3 is 29.5 Å². The number of carbonyl (C=O) groups excluding carboxylic acids is 3. The van der Waals surface area contributed by atoms with Crippen molar-refractivity contribution in [3.63, 3.8) is 0 Å². The van der Waals surface area contributed by atoms with E-state index >= 15 is 4.79 Å². The molecule has 2 saturated carbocycles. The summed E-state index contributed by atoms with van der Waals surface area (Å²) in [4.78, 5) is 64.2. The van der Waals surface area contributed by atoms with Crippen molar-refractivity contribution in [1.29, 1.82) is 0 Å². The number of ether oxygens (including phenoxy) is 3. The Labute approximate surface area is 331 Å². The number of nitrogens with one attached hydrogen (secondary N) is 2. The molecule has 1 aromatic carbocycles. The van der Waals surface area contributed by atoms with Gasteiger partial charge in [0.05, 0.1) is 32.0 Å². The molecule has 4 amide bonds. The fourth-order valence-corrected chi connectivity index (χ4v) is 10.5. The number of aromatic nitrogens is 1. The van der Waals surface area contributed by atoms with Gasteiger partial charge in [0.25, 0.3) is 5.91 Å². The zero-order valence-electron chi connectivity index (χ0n) is 32.7. The minimum absolute atomic E-state index is 0.0562. The SMILES string of the molecule is COc1cnc(O[C@@H]2C[C@H]3C(=O)N[C@]4(C(=O)NS(=O)(=O)C5(CF)CC5)C[C@H]4/C=C\CC[C@@H](C)C[C@@H](C)[C@H](N(C(=O)O)C4CCOC4)C(=O)N3C2C)c2ccccc12. The number of carbonyl (C=O) groups is 4. The van der Waals surface area contributed by atoms with Crippen molar-refractivity contribution < 1.29 is 51.3 Å². The molecule has 9 atom stereocenters. The molecule has 0 radical (unpaired) electrons. The highest BCUT2D eigenvalue weighted by Gasteiger charge is 2.64. The molecule has 4 heterocycles. The number of pyridine rings is 1. The number of amides is 4. The van der Waals surface area contributed by atoms with E-state index in [0.29, 0.717) is 43.4 Å². The molecule has 0 bridgehead atoms. The minimum atomic E-state index is -4.41. The van der Waals surface area contributed by atoms with E-state index in [1.807, 2.05) is 44.2 Å². The van der Waals surface area contributed by atoms with Gasteiger partial charge in [0.15, 0.2) is 0 Å². The number of carboxylic acid groups (broad SMARTS) is 1. The summed E-state index contributed by atoms with van der Waals surface area (Å²) in [6.45, 7) is 4.93. The maximum atomic E-state index is 15.3. The lowest BCUT2D eigenvalue weighted by molar-refractivity contribution is -0.147. The number of rotatable bonds is 9. The highest BCUT2D eigenvalue weighted by Crippen LogP contribution is 2.48. The molecule has 1 aromatic heterocycles. The Morgan fingerprint density at radius 2 is 1.88 bits per heavy atom. The molecule has 17 heteroatoms. The summed E-state index contributed by atoms with van der Waals surface area (Å²) in [5.41, 5.74) is -1.69. The van der Waals surface area contributed by atoms with E-state index in [9.17, 15) is 32.3 Å². The standard InChI is InChI=1S/C40H52FN5O10S/c1-23-9-5-6-10-26-19-40(26,37(49)44-57(52,53)39(22-41)14-15-39)43-34(47)30-18-31(56-35-29-12-8-7-11-28(29)32(54-4)20-42-35)25(3)45(30)36(48)33(24(2)17-23)46(38(50)51)27-13-16-55-21-27/h6-8,10-12,20,23-27,30-31,33H,5,9,13-19,21-22H2,1-4H3,(H,43,47)(H,44,49)(H,50,51)/b10-6-/t23-,24-,25?,26-,27?,30+,31-,33+,40-/m1/s1. The number of halogens is 1. The Morgan fingerprint density at radius 1 is 1.14 bits per heavy atom. The van der Waals surface area contributed by atoms with E-state index < -0.39 is 92.9 Å². The molecule has 0 spiro atoms. The highest BCUT2D eigenvalue weighted by molar-refractivity contribution is 7.91. The van der Waals surface area contributed by atoms with Gasteiger partial charge in [0, 0.05) is 29.7 Å². The Hall–Kier alpha value is -4.51. The first-order valence-electron chi connectivity index (χ1n) is 19.8. The van der Waals surface area contributed by atoms with Gasteiger partial charge in [-0.05, 0) is 69.8 Å². The van der Waals surface area contributed by atoms with E-state index in [1.165, 1.54) is 23.1 Å². The van der Waals surface area contributed by atoms with Crippen molar-refractivity contribution in [3.8, 4) is 11.6 Å². The molecular weight excluding hydrogens is 762 g/mol. The molecular formula is C40H52FN5O10S. The smallest absolute Gasteiger partial charge is 0.408 e. The maximum Gasteiger partial charge on any atom is 0.408 e. The van der Waals surface area contributed by atoms with Crippen molar-refractivity contribution in [3.05, 3.63) is 42.6 Å². The van der Waals surface area contributed by atoms with Gasteiger partial charge in [-0.3, -0.25) is 24.0 Å². The molecule has 3 N–H and O–H groups in total. The number of hydrogen-bond donors (Lipinski definition) is 3. The normalized spacial score (nSPS) is 33.2. The lowest BCUT2D eigenvalue weighted by atomic mass is 9.86. The zero-order valence-corrected chi connectivity index (χ0v) is 33.5. The molecule has 15 nitrogen and oxygen atoms in total. The second-order valence-corrected chi connectivity index (χ2v) is 18.6. The largest absolute Gasteiger partial charge is 0.494 e. The average molecular weight is 814 g/mol. The van der Waals surface area contributed by atoms with Crippen molar-refractivity contribution in [2.45, 2.75) is 113 Å². The van der Waals surface area contributed by atoms with Crippen LogP contribution < -0.4 is 19.5 Å². The Kier molecular flexibility index (Phi) is 11.2. The lowest BCUT2D eigenvalue weighted by Gasteiger charge is -2.41. The minimum Gasteiger partial charge on any atom is -0.494 e. The van der Waals surface area contributed by atoms with Crippen molar-refractivity contribution in [1.82, 2.24) is 24.8 Å². The maximum absolute atomic E-state index is 15.3. The highest BCUT2D eigenvalue weighted by atomic mass is 32.2. The van der Waals surface area contributed by atoms with Crippen LogP contribution in [0.3, 0.4) is 0 Å². The summed E-state index contributed by atoms with van der Waals surface area (Å²) < 4.78 is 58.5. The monoisotopic (exact) mass is 813 g/mol. The average Bonchev–Trinajstić information content (AvgIpc) is 4.02. The first-order valence-corrected chi connectivity index (χ1v) is 21.3. The Morgan fingerprint density at radius 3 is 2.53 bits per heavy atom. The summed E-state index contributed by atoms with van der Waals surface area (Å²) in [5, 5.41) is 14.9. The first kappa shape index (κ1) is 40.7. The molecule has 7 rings (SSSR count). The Bertz CT molecular complexity index is 2040. The Balaban J connectivity index is 1.28. The van der Waals surface area contributed by atoms with Crippen LogP contribution >= 0.6 is 0 Å². The predicted molar refractivity (Wildman–Crippen MR) is 206 cm³/mol. The van der Waals surface area contributed by atoms with E-state index in [2.05, 4.69) is 15.0 Å². The molecule has 2 aromatic rings. The number of allylic oxidation sites excluding steroid dienone is 1. The topological polar surface area (TPSA) is 194 Å². The van der Waals surface area contributed by atoms with Crippen LogP contribution in [0, 0.1) is 17.8 Å². The van der Waals surface area contributed by atoms with Gasteiger partial charge in [-0.15, -0.1) is 0 Å². The molecule has 5 aliphatic rings. The molecule has 2 unspecified atom stereocenters.